The number of aromatic nitrogens is 3. The SMILES string of the molecule is Cc1cc(-c2cn3ccnc3cn2)ccc1C(=O)N1CCC(C)(N)CC1. The van der Waals surface area contributed by atoms with Gasteiger partial charge in [0.1, 0.15) is 0 Å². The fraction of sp³-hybridized carbons (Fsp3) is 0.350. The number of amides is 1. The van der Waals surface area contributed by atoms with Crippen LogP contribution < -0.4 is 5.73 Å². The van der Waals surface area contributed by atoms with Crippen LogP contribution in [0.1, 0.15) is 35.7 Å². The van der Waals surface area contributed by atoms with Crippen LogP contribution >= 0.6 is 0 Å². The third-order valence-electron chi connectivity index (χ3n) is 5.22. The Morgan fingerprint density at radius 3 is 2.73 bits per heavy atom. The van der Waals surface area contributed by atoms with Gasteiger partial charge in [0.25, 0.3) is 5.91 Å². The van der Waals surface area contributed by atoms with Crippen LogP contribution in [0.4, 0.5) is 0 Å². The molecule has 3 aromatic rings. The highest BCUT2D eigenvalue weighted by Gasteiger charge is 2.29. The zero-order valence-electron chi connectivity index (χ0n) is 15.1. The number of nitrogens with zero attached hydrogens (tertiary/aromatic N) is 4. The molecule has 0 saturated carbocycles. The molecule has 1 fully saturated rings. The number of aryl methyl sites for hydroxylation is 1. The molecular formula is C20H23N5O. The van der Waals surface area contributed by atoms with Crippen molar-refractivity contribution in [3.05, 3.63) is 54.1 Å². The lowest BCUT2D eigenvalue weighted by molar-refractivity contribution is 0.0680. The third kappa shape index (κ3) is 3.08. The van der Waals surface area contributed by atoms with Gasteiger partial charge < -0.3 is 15.0 Å². The van der Waals surface area contributed by atoms with Crippen molar-refractivity contribution in [1.82, 2.24) is 19.3 Å². The standard InChI is InChI=1S/C20H23N5O/c1-14-11-15(17-13-25-10-7-22-18(25)12-23-17)3-4-16(14)19(26)24-8-5-20(2,21)6-9-24/h3-4,7,10-13H,5-6,8-9,21H2,1-2H3. The van der Waals surface area contributed by atoms with Gasteiger partial charge in [0.15, 0.2) is 5.65 Å². The summed E-state index contributed by atoms with van der Waals surface area (Å²) in [6.07, 6.45) is 9.02. The monoisotopic (exact) mass is 349 g/mol. The molecule has 1 aliphatic rings. The fourth-order valence-electron chi connectivity index (χ4n) is 3.43. The van der Waals surface area contributed by atoms with E-state index in [1.165, 1.54) is 0 Å². The van der Waals surface area contributed by atoms with Crippen LogP contribution in [-0.4, -0.2) is 43.8 Å². The largest absolute Gasteiger partial charge is 0.339 e. The Labute approximate surface area is 152 Å². The maximum Gasteiger partial charge on any atom is 0.254 e. The number of likely N-dealkylation sites (tertiary alicyclic amines) is 1. The molecule has 2 N–H and O–H groups in total. The summed E-state index contributed by atoms with van der Waals surface area (Å²) < 4.78 is 1.94. The molecule has 1 aromatic carbocycles. The van der Waals surface area contributed by atoms with Crippen LogP contribution in [-0.2, 0) is 0 Å². The summed E-state index contributed by atoms with van der Waals surface area (Å²) in [5.74, 6) is 0.0857. The van der Waals surface area contributed by atoms with Crippen molar-refractivity contribution in [3.8, 4) is 11.3 Å². The van der Waals surface area contributed by atoms with Gasteiger partial charge in [-0.25, -0.2) is 4.98 Å². The van der Waals surface area contributed by atoms with Gasteiger partial charge in [-0.05, 0) is 44.4 Å². The molecule has 134 valence electrons. The zero-order valence-corrected chi connectivity index (χ0v) is 15.1. The quantitative estimate of drug-likeness (QED) is 0.772. The first-order valence-corrected chi connectivity index (χ1v) is 8.91. The second kappa shape index (κ2) is 6.21. The molecule has 6 nitrogen and oxygen atoms in total. The van der Waals surface area contributed by atoms with E-state index in [0.717, 1.165) is 40.9 Å². The van der Waals surface area contributed by atoms with E-state index < -0.39 is 0 Å². The molecule has 0 radical (unpaired) electrons. The molecule has 0 unspecified atom stereocenters. The van der Waals surface area contributed by atoms with Gasteiger partial charge in [0, 0.05) is 48.3 Å². The van der Waals surface area contributed by atoms with E-state index >= 15 is 0 Å². The summed E-state index contributed by atoms with van der Waals surface area (Å²) in [7, 11) is 0. The van der Waals surface area contributed by atoms with Crippen LogP contribution in [0.25, 0.3) is 16.9 Å². The van der Waals surface area contributed by atoms with Crippen LogP contribution in [0.2, 0.25) is 0 Å². The first kappa shape index (κ1) is 16.7. The van der Waals surface area contributed by atoms with E-state index in [1.807, 2.05) is 46.8 Å². The lowest BCUT2D eigenvalue weighted by Gasteiger charge is -2.37. The van der Waals surface area contributed by atoms with E-state index in [9.17, 15) is 4.79 Å². The highest BCUT2D eigenvalue weighted by Crippen LogP contribution is 2.24. The van der Waals surface area contributed by atoms with Crippen LogP contribution in [0.3, 0.4) is 0 Å². The summed E-state index contributed by atoms with van der Waals surface area (Å²) in [6, 6.07) is 5.89. The minimum atomic E-state index is -0.159. The second-order valence-corrected chi connectivity index (χ2v) is 7.44. The summed E-state index contributed by atoms with van der Waals surface area (Å²) >= 11 is 0. The van der Waals surface area contributed by atoms with Crippen molar-refractivity contribution >= 4 is 11.6 Å². The Balaban J connectivity index is 1.58. The van der Waals surface area contributed by atoms with E-state index in [2.05, 4.69) is 16.9 Å². The number of nitrogens with two attached hydrogens (primary N) is 1. The summed E-state index contributed by atoms with van der Waals surface area (Å²) in [6.45, 7) is 5.46. The van der Waals surface area contributed by atoms with Crippen molar-refractivity contribution < 1.29 is 4.79 Å². The Hall–Kier alpha value is -2.73. The summed E-state index contributed by atoms with van der Waals surface area (Å²) in [4.78, 5) is 23.5. The molecule has 2 aromatic heterocycles. The van der Waals surface area contributed by atoms with Gasteiger partial charge >= 0.3 is 0 Å². The van der Waals surface area contributed by atoms with Crippen molar-refractivity contribution in [1.29, 1.82) is 0 Å². The van der Waals surface area contributed by atoms with Gasteiger partial charge in [-0.3, -0.25) is 9.78 Å². The van der Waals surface area contributed by atoms with Gasteiger partial charge in [0.2, 0.25) is 0 Å². The molecule has 26 heavy (non-hydrogen) atoms. The van der Waals surface area contributed by atoms with Gasteiger partial charge in [0.05, 0.1) is 11.9 Å². The highest BCUT2D eigenvalue weighted by molar-refractivity contribution is 5.96. The van der Waals surface area contributed by atoms with Crippen molar-refractivity contribution in [2.45, 2.75) is 32.2 Å². The smallest absolute Gasteiger partial charge is 0.254 e. The Morgan fingerprint density at radius 1 is 1.23 bits per heavy atom. The molecule has 6 heteroatoms. The van der Waals surface area contributed by atoms with Gasteiger partial charge in [-0.15, -0.1) is 0 Å². The number of hydrogen-bond acceptors (Lipinski definition) is 4. The molecular weight excluding hydrogens is 326 g/mol. The Bertz CT molecular complexity index is 965. The highest BCUT2D eigenvalue weighted by atomic mass is 16.2. The molecule has 1 amide bonds. The first-order valence-electron chi connectivity index (χ1n) is 8.91. The average Bonchev–Trinajstić information content (AvgIpc) is 3.09. The first-order chi connectivity index (χ1) is 12.4. The fourth-order valence-corrected chi connectivity index (χ4v) is 3.43. The minimum absolute atomic E-state index is 0.0857. The summed E-state index contributed by atoms with van der Waals surface area (Å²) in [5, 5.41) is 0. The second-order valence-electron chi connectivity index (χ2n) is 7.44. The molecule has 1 saturated heterocycles. The normalized spacial score (nSPS) is 16.8. The number of benzene rings is 1. The number of imidazole rings is 1. The van der Waals surface area contributed by atoms with E-state index in [4.69, 9.17) is 5.73 Å². The van der Waals surface area contributed by atoms with Crippen LogP contribution in [0.5, 0.6) is 0 Å². The molecule has 1 aliphatic heterocycles. The lowest BCUT2D eigenvalue weighted by atomic mass is 9.90. The van der Waals surface area contributed by atoms with Crippen LogP contribution in [0, 0.1) is 6.92 Å². The predicted octanol–water partition coefficient (Wildman–Crippen LogP) is 2.66. The van der Waals surface area contributed by atoms with Crippen molar-refractivity contribution in [2.75, 3.05) is 13.1 Å². The van der Waals surface area contributed by atoms with Gasteiger partial charge in [-0.2, -0.15) is 0 Å². The van der Waals surface area contributed by atoms with E-state index in [1.54, 1.807) is 12.4 Å². The zero-order chi connectivity index (χ0) is 18.3. The van der Waals surface area contributed by atoms with Crippen LogP contribution in [0.15, 0.2) is 43.0 Å². The number of hydrogen-bond donors (Lipinski definition) is 1. The topological polar surface area (TPSA) is 76.5 Å². The van der Waals surface area contributed by atoms with Crippen molar-refractivity contribution in [3.63, 3.8) is 0 Å². The Morgan fingerprint density at radius 2 is 2.00 bits per heavy atom. The minimum Gasteiger partial charge on any atom is -0.339 e. The molecule has 4 rings (SSSR count). The molecule has 0 bridgehead atoms. The third-order valence-corrected chi connectivity index (χ3v) is 5.22. The number of rotatable bonds is 2. The number of fused-ring (bicyclic) bond motifs is 1. The summed E-state index contributed by atoms with van der Waals surface area (Å²) in [5.41, 5.74) is 10.4. The average molecular weight is 349 g/mol. The number of carbonyl (C=O) groups is 1. The van der Waals surface area contributed by atoms with Gasteiger partial charge in [-0.1, -0.05) is 6.07 Å². The lowest BCUT2D eigenvalue weighted by Crippen LogP contribution is -2.49. The Kier molecular flexibility index (Phi) is 4.00. The molecule has 0 atom stereocenters. The molecule has 3 heterocycles. The predicted molar refractivity (Wildman–Crippen MR) is 101 cm³/mol. The maximum atomic E-state index is 12.9. The molecule has 0 spiro atoms. The van der Waals surface area contributed by atoms with E-state index in [0.29, 0.717) is 13.1 Å². The molecule has 0 aliphatic carbocycles. The van der Waals surface area contributed by atoms with E-state index in [-0.39, 0.29) is 11.4 Å². The number of carbonyl (C=O) groups excluding carboxylic acids is 1. The maximum absolute atomic E-state index is 12.9. The number of piperidine rings is 1. The van der Waals surface area contributed by atoms with Crippen molar-refractivity contribution in [2.24, 2.45) is 5.73 Å².